The van der Waals surface area contributed by atoms with Crippen molar-refractivity contribution < 1.29 is 19.1 Å². The average Bonchev–Trinajstić information content (AvgIpc) is 3.40. The van der Waals surface area contributed by atoms with Crippen molar-refractivity contribution in [2.24, 2.45) is 11.8 Å². The Hall–Kier alpha value is -2.31. The first-order chi connectivity index (χ1) is 14.1. The molecular formula is C22H33N3O4. The number of nitrogens with one attached hydrogen (secondary N) is 1. The van der Waals surface area contributed by atoms with Crippen LogP contribution in [0, 0.1) is 11.8 Å². The number of ether oxygens (including phenoxy) is 2. The van der Waals surface area contributed by atoms with E-state index in [1.807, 2.05) is 19.1 Å². The number of pyridine rings is 1. The van der Waals surface area contributed by atoms with Gasteiger partial charge in [0, 0.05) is 25.7 Å². The van der Waals surface area contributed by atoms with Gasteiger partial charge in [-0.15, -0.1) is 0 Å². The fourth-order valence-electron chi connectivity index (χ4n) is 3.57. The van der Waals surface area contributed by atoms with Crippen molar-refractivity contribution in [3.05, 3.63) is 17.8 Å². The predicted molar refractivity (Wildman–Crippen MR) is 111 cm³/mol. The van der Waals surface area contributed by atoms with Crippen molar-refractivity contribution in [3.63, 3.8) is 0 Å². The number of nitrogens with zero attached hydrogens (tertiary/aromatic N) is 2. The Labute approximate surface area is 173 Å². The van der Waals surface area contributed by atoms with Crippen LogP contribution in [0.5, 0.6) is 5.88 Å². The SMILES string of the molecule is CCOC(=O)C(CC)CCNC(=O)c1nc(OCC2CC2)ccc1N1CCCC1. The molecule has 7 nitrogen and oxygen atoms in total. The van der Waals surface area contributed by atoms with Crippen molar-refractivity contribution in [3.8, 4) is 5.88 Å². The van der Waals surface area contributed by atoms with Crippen LogP contribution in [0.2, 0.25) is 0 Å². The molecular weight excluding hydrogens is 370 g/mol. The molecule has 2 aliphatic rings. The molecule has 2 fully saturated rings. The van der Waals surface area contributed by atoms with Gasteiger partial charge in [0.05, 0.1) is 24.8 Å². The van der Waals surface area contributed by atoms with E-state index in [9.17, 15) is 9.59 Å². The molecule has 1 unspecified atom stereocenters. The molecule has 3 rings (SSSR count). The second-order valence-electron chi connectivity index (χ2n) is 7.87. The third kappa shape index (κ3) is 6.08. The minimum Gasteiger partial charge on any atom is -0.477 e. The van der Waals surface area contributed by atoms with Crippen LogP contribution in [0.15, 0.2) is 12.1 Å². The lowest BCUT2D eigenvalue weighted by molar-refractivity contribution is -0.148. The molecule has 0 aromatic carbocycles. The molecule has 1 saturated carbocycles. The lowest BCUT2D eigenvalue weighted by Crippen LogP contribution is -2.31. The van der Waals surface area contributed by atoms with Gasteiger partial charge in [0.25, 0.3) is 5.91 Å². The van der Waals surface area contributed by atoms with Crippen LogP contribution in [0.25, 0.3) is 0 Å². The highest BCUT2D eigenvalue weighted by Gasteiger charge is 2.25. The smallest absolute Gasteiger partial charge is 0.308 e. The van der Waals surface area contributed by atoms with Crippen LogP contribution in [0.4, 0.5) is 5.69 Å². The number of hydrogen-bond donors (Lipinski definition) is 1. The van der Waals surface area contributed by atoms with Crippen LogP contribution in [0.1, 0.15) is 62.9 Å². The molecule has 2 heterocycles. The van der Waals surface area contributed by atoms with Gasteiger partial charge in [-0.1, -0.05) is 6.92 Å². The summed E-state index contributed by atoms with van der Waals surface area (Å²) in [5.41, 5.74) is 1.26. The zero-order valence-electron chi connectivity index (χ0n) is 17.6. The van der Waals surface area contributed by atoms with E-state index in [1.165, 1.54) is 12.8 Å². The average molecular weight is 404 g/mol. The largest absolute Gasteiger partial charge is 0.477 e. The molecule has 1 aromatic heterocycles. The molecule has 1 aliphatic heterocycles. The van der Waals surface area contributed by atoms with E-state index >= 15 is 0 Å². The fourth-order valence-corrected chi connectivity index (χ4v) is 3.57. The molecule has 29 heavy (non-hydrogen) atoms. The number of esters is 1. The summed E-state index contributed by atoms with van der Waals surface area (Å²) in [4.78, 5) is 31.6. The summed E-state index contributed by atoms with van der Waals surface area (Å²) in [5.74, 6) is 0.511. The first-order valence-electron chi connectivity index (χ1n) is 11.0. The lowest BCUT2D eigenvalue weighted by atomic mass is 10.0. The summed E-state index contributed by atoms with van der Waals surface area (Å²) in [6, 6.07) is 3.81. The van der Waals surface area contributed by atoms with Gasteiger partial charge in [0.1, 0.15) is 0 Å². The Balaban J connectivity index is 1.64. The van der Waals surface area contributed by atoms with E-state index in [0.29, 0.717) is 50.1 Å². The molecule has 1 amide bonds. The van der Waals surface area contributed by atoms with E-state index in [-0.39, 0.29) is 17.8 Å². The van der Waals surface area contributed by atoms with Crippen molar-refractivity contribution in [2.75, 3.05) is 37.7 Å². The number of amides is 1. The molecule has 160 valence electrons. The van der Waals surface area contributed by atoms with Gasteiger partial charge in [-0.25, -0.2) is 4.98 Å². The van der Waals surface area contributed by atoms with Crippen molar-refractivity contribution in [2.45, 2.75) is 52.4 Å². The fraction of sp³-hybridized carbons (Fsp3) is 0.682. The molecule has 1 atom stereocenters. The molecule has 1 saturated heterocycles. The molecule has 1 aromatic rings. The monoisotopic (exact) mass is 403 g/mol. The van der Waals surface area contributed by atoms with Crippen LogP contribution in [-0.4, -0.2) is 49.7 Å². The van der Waals surface area contributed by atoms with Crippen molar-refractivity contribution in [1.82, 2.24) is 10.3 Å². The first kappa shape index (κ1) is 21.4. The van der Waals surface area contributed by atoms with Crippen LogP contribution >= 0.6 is 0 Å². The van der Waals surface area contributed by atoms with Gasteiger partial charge in [-0.05, 0) is 57.4 Å². The Morgan fingerprint density at radius 2 is 2.00 bits per heavy atom. The number of carbonyl (C=O) groups excluding carboxylic acids is 2. The zero-order valence-corrected chi connectivity index (χ0v) is 17.6. The van der Waals surface area contributed by atoms with E-state index in [0.717, 1.165) is 31.6 Å². The topological polar surface area (TPSA) is 80.8 Å². The predicted octanol–water partition coefficient (Wildman–Crippen LogP) is 3.18. The zero-order chi connectivity index (χ0) is 20.6. The van der Waals surface area contributed by atoms with Gasteiger partial charge in [0.15, 0.2) is 5.69 Å². The van der Waals surface area contributed by atoms with Gasteiger partial charge < -0.3 is 19.7 Å². The summed E-state index contributed by atoms with van der Waals surface area (Å²) in [6.45, 7) is 7.07. The van der Waals surface area contributed by atoms with E-state index < -0.39 is 0 Å². The van der Waals surface area contributed by atoms with Gasteiger partial charge in [-0.3, -0.25) is 9.59 Å². The third-order valence-electron chi connectivity index (χ3n) is 5.57. The summed E-state index contributed by atoms with van der Waals surface area (Å²) < 4.78 is 10.9. The van der Waals surface area contributed by atoms with Crippen molar-refractivity contribution in [1.29, 1.82) is 0 Å². The number of rotatable bonds is 11. The Morgan fingerprint density at radius 1 is 1.24 bits per heavy atom. The molecule has 7 heteroatoms. The highest BCUT2D eigenvalue weighted by molar-refractivity contribution is 5.98. The van der Waals surface area contributed by atoms with E-state index in [2.05, 4.69) is 15.2 Å². The van der Waals surface area contributed by atoms with Gasteiger partial charge in [0.2, 0.25) is 5.88 Å². The van der Waals surface area contributed by atoms with Gasteiger partial charge >= 0.3 is 5.97 Å². The maximum atomic E-state index is 12.9. The second-order valence-corrected chi connectivity index (χ2v) is 7.87. The van der Waals surface area contributed by atoms with Gasteiger partial charge in [-0.2, -0.15) is 0 Å². The van der Waals surface area contributed by atoms with Crippen molar-refractivity contribution >= 4 is 17.6 Å². The van der Waals surface area contributed by atoms with E-state index in [4.69, 9.17) is 9.47 Å². The maximum absolute atomic E-state index is 12.9. The normalized spacial score (nSPS) is 17.1. The maximum Gasteiger partial charge on any atom is 0.308 e. The summed E-state index contributed by atoms with van der Waals surface area (Å²) in [6.07, 6.45) is 5.91. The van der Waals surface area contributed by atoms with Crippen LogP contribution < -0.4 is 15.0 Å². The Morgan fingerprint density at radius 3 is 2.66 bits per heavy atom. The molecule has 1 N–H and O–H groups in total. The summed E-state index contributed by atoms with van der Waals surface area (Å²) in [5, 5.41) is 2.94. The Bertz CT molecular complexity index is 699. The number of carbonyl (C=O) groups is 2. The number of hydrogen-bond acceptors (Lipinski definition) is 6. The summed E-state index contributed by atoms with van der Waals surface area (Å²) >= 11 is 0. The molecule has 1 aliphatic carbocycles. The van der Waals surface area contributed by atoms with E-state index in [1.54, 1.807) is 6.92 Å². The Kier molecular flexibility index (Phi) is 7.72. The molecule has 0 bridgehead atoms. The number of aromatic nitrogens is 1. The quantitative estimate of drug-likeness (QED) is 0.572. The minimum atomic E-state index is -0.220. The second kappa shape index (κ2) is 10.5. The first-order valence-corrected chi connectivity index (χ1v) is 11.0. The molecule has 0 spiro atoms. The summed E-state index contributed by atoms with van der Waals surface area (Å²) in [7, 11) is 0. The third-order valence-corrected chi connectivity index (χ3v) is 5.57. The highest BCUT2D eigenvalue weighted by atomic mass is 16.5. The lowest BCUT2D eigenvalue weighted by Gasteiger charge is -2.21. The highest BCUT2D eigenvalue weighted by Crippen LogP contribution is 2.30. The standard InChI is InChI=1S/C22H33N3O4/c1-3-17(22(27)28-4-2)11-12-23-21(26)20-18(25-13-5-6-14-25)9-10-19(24-20)29-15-16-7-8-16/h9-10,16-17H,3-8,11-15H2,1-2H3,(H,23,26). The van der Waals surface area contributed by atoms with Crippen LogP contribution in [-0.2, 0) is 9.53 Å². The minimum absolute atomic E-state index is 0.199. The van der Waals surface area contributed by atoms with Crippen LogP contribution in [0.3, 0.4) is 0 Å². The molecule has 0 radical (unpaired) electrons. The number of anilines is 1.